The minimum absolute atomic E-state index is 0. The van der Waals surface area contributed by atoms with E-state index >= 15 is 0 Å². The van der Waals surface area contributed by atoms with Gasteiger partial charge in [-0.15, -0.1) is 0 Å². The number of halogens is 4. The molecule has 1 aliphatic carbocycles. The predicted molar refractivity (Wildman–Crippen MR) is 47.5 cm³/mol. The zero-order valence-electron chi connectivity index (χ0n) is 6.28. The van der Waals surface area contributed by atoms with E-state index in [1.54, 1.807) is 0 Å². The second-order valence-electron chi connectivity index (χ2n) is 1.59. The fraction of sp³-hybridized carbons (Fsp3) is 0.333. The van der Waals surface area contributed by atoms with E-state index in [1.165, 1.54) is 5.57 Å². The van der Waals surface area contributed by atoms with Gasteiger partial charge in [0, 0.05) is 0 Å². The van der Waals surface area contributed by atoms with Crippen LogP contribution >= 0.6 is 0 Å². The molecule has 11 heavy (non-hydrogen) atoms. The first-order valence-corrected chi connectivity index (χ1v) is 2.23. The molecule has 0 aromatic rings. The van der Waals surface area contributed by atoms with Crippen molar-refractivity contribution < 1.29 is 18.8 Å². The summed E-state index contributed by atoms with van der Waals surface area (Å²) in [6, 6.07) is 0. The van der Waals surface area contributed by atoms with E-state index in [4.69, 9.17) is 0 Å². The summed E-state index contributed by atoms with van der Waals surface area (Å²) in [5.74, 6) is 0. The van der Waals surface area contributed by atoms with Gasteiger partial charge < -0.3 is 0 Å². The van der Waals surface area contributed by atoms with Gasteiger partial charge in [0.05, 0.1) is 0 Å². The SMILES string of the molecule is CC1=CCC=C1.F.F.F.F.[SbH3]. The van der Waals surface area contributed by atoms with Gasteiger partial charge in [-0.05, 0) is 13.3 Å². The zero-order valence-corrected chi connectivity index (χ0v) is 10.3. The maximum absolute atomic E-state index is 2.21. The number of allylic oxidation sites excluding steroid dienone is 4. The van der Waals surface area contributed by atoms with Gasteiger partial charge in [0.1, 0.15) is 0 Å². The van der Waals surface area contributed by atoms with Crippen molar-refractivity contribution in [2.24, 2.45) is 0 Å². The molecule has 0 bridgehead atoms. The summed E-state index contributed by atoms with van der Waals surface area (Å²) in [7, 11) is 0. The molecule has 0 fully saturated rings. The van der Waals surface area contributed by atoms with E-state index in [9.17, 15) is 0 Å². The Hall–Kier alpha value is 0.0182. The molecular formula is C6H15F4Sb. The van der Waals surface area contributed by atoms with Crippen LogP contribution < -0.4 is 0 Å². The van der Waals surface area contributed by atoms with Crippen LogP contribution in [0.4, 0.5) is 18.8 Å². The van der Waals surface area contributed by atoms with Crippen molar-refractivity contribution in [2.75, 3.05) is 0 Å². The Bertz CT molecular complexity index is 108. The molecule has 72 valence electrons. The summed E-state index contributed by atoms with van der Waals surface area (Å²) in [5.41, 5.74) is 1.40. The molecular weight excluding hydrogens is 270 g/mol. The number of hydrogen-bond donors (Lipinski definition) is 0. The molecule has 1 rings (SSSR count). The average Bonchev–Trinajstić information content (AvgIpc) is 1.86. The van der Waals surface area contributed by atoms with Crippen LogP contribution in [0.15, 0.2) is 23.8 Å². The maximum atomic E-state index is 2.21. The summed E-state index contributed by atoms with van der Waals surface area (Å²) in [6.07, 6.45) is 7.65. The van der Waals surface area contributed by atoms with E-state index < -0.39 is 0 Å². The predicted octanol–water partition coefficient (Wildman–Crippen LogP) is 1.32. The monoisotopic (exact) mass is 284 g/mol. The van der Waals surface area contributed by atoms with Crippen LogP contribution in [0.3, 0.4) is 0 Å². The zero-order chi connectivity index (χ0) is 4.41. The van der Waals surface area contributed by atoms with Crippen molar-refractivity contribution in [3.05, 3.63) is 23.8 Å². The van der Waals surface area contributed by atoms with Crippen LogP contribution in [0.2, 0.25) is 0 Å². The molecule has 0 aliphatic heterocycles. The van der Waals surface area contributed by atoms with Gasteiger partial charge in [0.15, 0.2) is 0 Å². The summed E-state index contributed by atoms with van der Waals surface area (Å²) < 4.78 is 0. The van der Waals surface area contributed by atoms with Gasteiger partial charge in [-0.2, -0.15) is 0 Å². The molecule has 0 saturated carbocycles. The van der Waals surface area contributed by atoms with Crippen LogP contribution in [0.5, 0.6) is 0 Å². The Labute approximate surface area is 80.7 Å². The fourth-order valence-corrected chi connectivity index (χ4v) is 0.576. The normalized spacial score (nSPS) is 10.1. The first-order valence-electron chi connectivity index (χ1n) is 2.23. The quantitative estimate of drug-likeness (QED) is 0.465. The van der Waals surface area contributed by atoms with E-state index in [0.29, 0.717) is 0 Å². The third-order valence-electron chi connectivity index (χ3n) is 0.957. The van der Waals surface area contributed by atoms with E-state index in [2.05, 4.69) is 25.2 Å². The Morgan fingerprint density at radius 1 is 1.09 bits per heavy atom. The van der Waals surface area contributed by atoms with Gasteiger partial charge in [-0.1, -0.05) is 23.8 Å². The van der Waals surface area contributed by atoms with E-state index in [-0.39, 0.29) is 43.2 Å². The van der Waals surface area contributed by atoms with Crippen LogP contribution in [-0.2, 0) is 0 Å². The average molecular weight is 285 g/mol. The van der Waals surface area contributed by atoms with E-state index in [1.807, 2.05) is 0 Å². The first kappa shape index (κ1) is 30.5. The molecule has 0 unspecified atom stereocenters. The van der Waals surface area contributed by atoms with Crippen LogP contribution in [0.25, 0.3) is 0 Å². The van der Waals surface area contributed by atoms with E-state index in [0.717, 1.165) is 6.42 Å². The van der Waals surface area contributed by atoms with Crippen molar-refractivity contribution in [3.63, 3.8) is 0 Å². The second kappa shape index (κ2) is 16.5. The topological polar surface area (TPSA) is 0 Å². The van der Waals surface area contributed by atoms with Gasteiger partial charge in [0.2, 0.25) is 0 Å². The third kappa shape index (κ3) is 13.1. The summed E-state index contributed by atoms with van der Waals surface area (Å²) in [4.78, 5) is 0. The molecule has 0 nitrogen and oxygen atoms in total. The van der Waals surface area contributed by atoms with Crippen LogP contribution in [0.1, 0.15) is 13.3 Å². The minimum atomic E-state index is 0. The van der Waals surface area contributed by atoms with Crippen molar-refractivity contribution in [2.45, 2.75) is 13.3 Å². The number of hydrogen-bond acceptors (Lipinski definition) is 0. The molecule has 0 atom stereocenters. The summed E-state index contributed by atoms with van der Waals surface area (Å²) in [6.45, 7) is 2.11. The van der Waals surface area contributed by atoms with Crippen LogP contribution in [0, 0.1) is 0 Å². The summed E-state index contributed by atoms with van der Waals surface area (Å²) >= 11 is 0. The van der Waals surface area contributed by atoms with Crippen molar-refractivity contribution in [3.8, 4) is 0 Å². The van der Waals surface area contributed by atoms with Crippen molar-refractivity contribution in [1.29, 1.82) is 0 Å². The number of rotatable bonds is 0. The molecule has 5 heteroatoms. The van der Waals surface area contributed by atoms with Gasteiger partial charge in [-0.3, -0.25) is 18.8 Å². The van der Waals surface area contributed by atoms with Gasteiger partial charge in [-0.25, -0.2) is 0 Å². The third-order valence-corrected chi connectivity index (χ3v) is 0.957. The Morgan fingerprint density at radius 3 is 1.64 bits per heavy atom. The molecule has 0 spiro atoms. The second-order valence-corrected chi connectivity index (χ2v) is 1.59. The molecule has 1 aliphatic rings. The first-order chi connectivity index (χ1) is 2.89. The molecule has 0 heterocycles. The summed E-state index contributed by atoms with van der Waals surface area (Å²) in [5, 5.41) is 0. The van der Waals surface area contributed by atoms with Crippen LogP contribution in [-0.4, -0.2) is 24.4 Å². The fourth-order valence-electron chi connectivity index (χ4n) is 0.576. The Kier molecular flexibility index (Phi) is 45.9. The Morgan fingerprint density at radius 2 is 1.55 bits per heavy atom. The molecule has 0 amide bonds. The molecule has 0 radical (unpaired) electrons. The molecule has 0 saturated heterocycles. The molecule has 0 aromatic heterocycles. The Balaban J connectivity index is -0.0000000240. The molecule has 0 aromatic carbocycles. The van der Waals surface area contributed by atoms with Crippen molar-refractivity contribution >= 4 is 24.4 Å². The van der Waals surface area contributed by atoms with Gasteiger partial charge >= 0.3 is 24.4 Å². The standard InChI is InChI=1S/C6H8.4FH.Sb.3H/c1-6-4-2-3-5-6;;;;;;;;/h2,4-5H,3H2,1H3;4*1H;;;;. The molecule has 0 N–H and O–H groups in total. The van der Waals surface area contributed by atoms with Crippen molar-refractivity contribution in [1.82, 2.24) is 0 Å². The van der Waals surface area contributed by atoms with Gasteiger partial charge in [0.25, 0.3) is 0 Å².